The van der Waals surface area contributed by atoms with Gasteiger partial charge in [0.15, 0.2) is 0 Å². The Morgan fingerprint density at radius 3 is 1.84 bits per heavy atom. The molecule has 0 amide bonds. The van der Waals surface area contributed by atoms with E-state index in [9.17, 15) is 9.46 Å². The maximum atomic E-state index is 11.9. The Morgan fingerprint density at radius 2 is 1.36 bits per heavy atom. The molecule has 0 heterocycles. The zero-order chi connectivity index (χ0) is 19.7. The van der Waals surface area contributed by atoms with E-state index in [1.165, 1.54) is 19.3 Å². The van der Waals surface area contributed by atoms with E-state index in [1.54, 1.807) is 0 Å². The van der Waals surface area contributed by atoms with Crippen molar-refractivity contribution in [2.24, 2.45) is 23.7 Å². The second-order valence-electron chi connectivity index (χ2n) is 9.15. The van der Waals surface area contributed by atoms with Crippen LogP contribution in [0, 0.1) is 23.7 Å². The molecule has 0 saturated carbocycles. The van der Waals surface area contributed by atoms with Crippen LogP contribution in [0.2, 0.25) is 0 Å². The molecule has 0 bridgehead atoms. The van der Waals surface area contributed by atoms with Crippen LogP contribution < -0.4 is 0 Å². The maximum Gasteiger partial charge on any atom is 0.472 e. The van der Waals surface area contributed by atoms with Crippen LogP contribution in [0.5, 0.6) is 0 Å². The van der Waals surface area contributed by atoms with Crippen molar-refractivity contribution in [1.29, 1.82) is 0 Å². The minimum Gasteiger partial charge on any atom is -0.329 e. The van der Waals surface area contributed by atoms with Crippen molar-refractivity contribution in [1.82, 2.24) is 0 Å². The van der Waals surface area contributed by atoms with Crippen molar-refractivity contribution in [3.05, 3.63) is 0 Å². The number of nitrogens with zero attached hydrogens (tertiary/aromatic N) is 1. The van der Waals surface area contributed by atoms with E-state index in [4.69, 9.17) is 9.05 Å². The molecule has 0 rings (SSSR count). The molecule has 0 aliphatic heterocycles. The second-order valence-corrected chi connectivity index (χ2v) is 10.6. The molecule has 6 heteroatoms. The third-order valence-corrected chi connectivity index (χ3v) is 5.63. The van der Waals surface area contributed by atoms with Gasteiger partial charge in [0.25, 0.3) is 0 Å². The minimum atomic E-state index is -3.94. The van der Waals surface area contributed by atoms with Crippen LogP contribution in [-0.2, 0) is 13.6 Å². The molecule has 25 heavy (non-hydrogen) atoms. The maximum absolute atomic E-state index is 11.9. The van der Waals surface area contributed by atoms with E-state index in [0.717, 1.165) is 18.3 Å². The fraction of sp³-hybridized carbons (Fsp3) is 1.00. The molecule has 0 saturated heterocycles. The summed E-state index contributed by atoms with van der Waals surface area (Å²) in [6.45, 7) is 12.4. The van der Waals surface area contributed by atoms with Crippen molar-refractivity contribution in [2.75, 3.05) is 40.9 Å². The predicted octanol–water partition coefficient (Wildman–Crippen LogP) is 4.95. The van der Waals surface area contributed by atoms with Crippen LogP contribution in [-0.4, -0.2) is 50.3 Å². The van der Waals surface area contributed by atoms with Gasteiger partial charge in [-0.05, 0) is 42.9 Å². The molecule has 5 unspecified atom stereocenters. The van der Waals surface area contributed by atoms with Gasteiger partial charge in [-0.25, -0.2) is 4.57 Å². The van der Waals surface area contributed by atoms with Gasteiger partial charge < -0.3 is 9.38 Å². The topological polar surface area (TPSA) is 55.8 Å². The Labute approximate surface area is 156 Å². The summed E-state index contributed by atoms with van der Waals surface area (Å²) < 4.78 is 22.8. The first-order valence-corrected chi connectivity index (χ1v) is 11.3. The zero-order valence-electron chi connectivity index (χ0n) is 17.8. The van der Waals surface area contributed by atoms with Gasteiger partial charge in [-0.2, -0.15) is 0 Å². The molecular weight excluding hydrogens is 337 g/mol. The highest BCUT2D eigenvalue weighted by Gasteiger charge is 2.24. The lowest BCUT2D eigenvalue weighted by atomic mass is 9.85. The summed E-state index contributed by atoms with van der Waals surface area (Å²) in [6.07, 6.45) is 4.72. The van der Waals surface area contributed by atoms with Gasteiger partial charge in [0, 0.05) is 0 Å². The molecule has 0 radical (unpaired) electrons. The Hall–Kier alpha value is 0.0700. The molecule has 152 valence electrons. The number of hydrogen-bond acceptors (Lipinski definition) is 3. The number of rotatable bonds is 14. The van der Waals surface area contributed by atoms with Gasteiger partial charge in [0.1, 0.15) is 13.2 Å². The summed E-state index contributed by atoms with van der Waals surface area (Å²) in [5, 5.41) is 0. The summed E-state index contributed by atoms with van der Waals surface area (Å²) in [5.74, 6) is 2.34. The van der Waals surface area contributed by atoms with E-state index >= 15 is 0 Å². The standard InChI is InChI=1S/C19H42NO4P/c1-9-16(2)12-17(3)13-18(4)14-19(5)15-24-25(21,22)23-11-10-20(6,7)8/h16-19H,9-15H2,1-8H3/p+1. The van der Waals surface area contributed by atoms with E-state index in [1.807, 2.05) is 21.1 Å². The third kappa shape index (κ3) is 14.9. The molecule has 1 N–H and O–H groups in total. The molecule has 0 fully saturated rings. The molecule has 0 aliphatic carbocycles. The van der Waals surface area contributed by atoms with Crippen molar-refractivity contribution < 1.29 is 23.0 Å². The van der Waals surface area contributed by atoms with Crippen LogP contribution in [0.25, 0.3) is 0 Å². The van der Waals surface area contributed by atoms with Gasteiger partial charge in [0.05, 0.1) is 27.7 Å². The van der Waals surface area contributed by atoms with Crippen LogP contribution in [0.3, 0.4) is 0 Å². The van der Waals surface area contributed by atoms with E-state index in [-0.39, 0.29) is 19.1 Å². The Morgan fingerprint density at radius 1 is 0.880 bits per heavy atom. The molecule has 0 spiro atoms. The summed E-state index contributed by atoms with van der Waals surface area (Å²) in [7, 11) is 2.10. The Kier molecular flexibility index (Phi) is 11.7. The van der Waals surface area contributed by atoms with Crippen LogP contribution in [0.1, 0.15) is 60.3 Å². The van der Waals surface area contributed by atoms with Crippen LogP contribution >= 0.6 is 7.82 Å². The molecule has 0 aromatic carbocycles. The highest BCUT2D eigenvalue weighted by Crippen LogP contribution is 2.43. The van der Waals surface area contributed by atoms with Crippen LogP contribution in [0.4, 0.5) is 0 Å². The molecule has 5 nitrogen and oxygen atoms in total. The van der Waals surface area contributed by atoms with Gasteiger partial charge >= 0.3 is 7.82 Å². The van der Waals surface area contributed by atoms with Gasteiger partial charge in [-0.3, -0.25) is 9.05 Å². The summed E-state index contributed by atoms with van der Waals surface area (Å²) in [6, 6.07) is 0. The smallest absolute Gasteiger partial charge is 0.329 e. The first-order valence-electron chi connectivity index (χ1n) is 9.77. The molecular formula is C19H43NO4P+. The highest BCUT2D eigenvalue weighted by molar-refractivity contribution is 7.47. The summed E-state index contributed by atoms with van der Waals surface area (Å²) in [5.41, 5.74) is 0. The fourth-order valence-electron chi connectivity index (χ4n) is 3.18. The number of hydrogen-bond donors (Lipinski definition) is 1. The minimum absolute atomic E-state index is 0.217. The number of phosphoric ester groups is 1. The van der Waals surface area contributed by atoms with E-state index < -0.39 is 7.82 Å². The molecule has 0 aromatic rings. The summed E-state index contributed by atoms with van der Waals surface area (Å²) in [4.78, 5) is 9.77. The van der Waals surface area contributed by atoms with E-state index in [2.05, 4.69) is 34.6 Å². The first-order chi connectivity index (χ1) is 11.3. The second kappa shape index (κ2) is 11.7. The average molecular weight is 381 g/mol. The lowest BCUT2D eigenvalue weighted by Crippen LogP contribution is -2.37. The first kappa shape index (κ1) is 25.1. The van der Waals surface area contributed by atoms with Gasteiger partial charge in [-0.1, -0.05) is 41.0 Å². The largest absolute Gasteiger partial charge is 0.472 e. The van der Waals surface area contributed by atoms with Gasteiger partial charge in [-0.15, -0.1) is 0 Å². The Bertz CT molecular complexity index is 397. The van der Waals surface area contributed by atoms with Crippen LogP contribution in [0.15, 0.2) is 0 Å². The van der Waals surface area contributed by atoms with E-state index in [0.29, 0.717) is 16.9 Å². The van der Waals surface area contributed by atoms with Crippen molar-refractivity contribution in [3.8, 4) is 0 Å². The average Bonchev–Trinajstić information content (AvgIpc) is 2.43. The molecule has 5 atom stereocenters. The third-order valence-electron chi connectivity index (χ3n) is 4.65. The number of phosphoric acid groups is 1. The van der Waals surface area contributed by atoms with Crippen molar-refractivity contribution >= 4 is 7.82 Å². The number of likely N-dealkylation sites (N-methyl/N-ethyl adjacent to an activating group) is 1. The quantitative estimate of drug-likeness (QED) is 0.342. The monoisotopic (exact) mass is 380 g/mol. The predicted molar refractivity (Wildman–Crippen MR) is 105 cm³/mol. The lowest BCUT2D eigenvalue weighted by molar-refractivity contribution is -0.870. The lowest BCUT2D eigenvalue weighted by Gasteiger charge is -2.25. The van der Waals surface area contributed by atoms with Crippen molar-refractivity contribution in [3.63, 3.8) is 0 Å². The fourth-order valence-corrected chi connectivity index (χ4v) is 4.01. The summed E-state index contributed by atoms with van der Waals surface area (Å²) >= 11 is 0. The van der Waals surface area contributed by atoms with Crippen molar-refractivity contribution in [2.45, 2.75) is 60.3 Å². The SMILES string of the molecule is CCC(C)CC(C)CC(C)CC(C)COP(=O)(O)OCC[N+](C)(C)C. The number of quaternary nitrogens is 1. The molecule has 0 aliphatic rings. The highest BCUT2D eigenvalue weighted by atomic mass is 31.2. The van der Waals surface area contributed by atoms with Gasteiger partial charge in [0.2, 0.25) is 0 Å². The zero-order valence-corrected chi connectivity index (χ0v) is 18.7. The Balaban J connectivity index is 4.07. The molecule has 0 aromatic heterocycles. The normalized spacial score (nSPS) is 19.9.